The fraction of sp³-hybridized carbons (Fsp3) is 0.278. The zero-order valence-electron chi connectivity index (χ0n) is 13.8. The predicted octanol–water partition coefficient (Wildman–Crippen LogP) is 3.76. The number of hydrogen-bond donors (Lipinski definition) is 0. The van der Waals surface area contributed by atoms with E-state index in [0.717, 1.165) is 21.3 Å². The van der Waals surface area contributed by atoms with Gasteiger partial charge in [0, 0.05) is 4.47 Å². The predicted molar refractivity (Wildman–Crippen MR) is 93.7 cm³/mol. The van der Waals surface area contributed by atoms with Crippen molar-refractivity contribution in [3.8, 4) is 17.2 Å². The van der Waals surface area contributed by atoms with Crippen LogP contribution in [0.4, 0.5) is 0 Å². The number of benzene rings is 2. The van der Waals surface area contributed by atoms with Crippen molar-refractivity contribution in [2.24, 2.45) is 0 Å². The molecule has 2 aromatic rings. The summed E-state index contributed by atoms with van der Waals surface area (Å²) in [7, 11) is 4.72. The Kier molecular flexibility index (Phi) is 6.49. The summed E-state index contributed by atoms with van der Waals surface area (Å²) in [5, 5.41) is 0. The van der Waals surface area contributed by atoms with Crippen molar-refractivity contribution in [1.82, 2.24) is 0 Å². The lowest BCUT2D eigenvalue weighted by atomic mass is 10.1. The van der Waals surface area contributed by atoms with Gasteiger partial charge in [0.2, 0.25) is 0 Å². The molecule has 0 fully saturated rings. The Morgan fingerprint density at radius 3 is 2.17 bits per heavy atom. The molecule has 0 N–H and O–H groups in total. The lowest BCUT2D eigenvalue weighted by Crippen LogP contribution is -2.09. The standard InChI is InChI=1S/C18H19BrO5/c1-21-14-6-4-12(5-7-14)11-24-18(20)9-13-8-16(22-2)17(23-3)10-15(13)19/h4-8,10H,9,11H2,1-3H3. The van der Waals surface area contributed by atoms with Crippen molar-refractivity contribution in [2.75, 3.05) is 21.3 Å². The topological polar surface area (TPSA) is 54.0 Å². The normalized spacial score (nSPS) is 10.2. The van der Waals surface area contributed by atoms with Gasteiger partial charge in [-0.15, -0.1) is 0 Å². The van der Waals surface area contributed by atoms with Crippen LogP contribution in [-0.4, -0.2) is 27.3 Å². The molecular formula is C18H19BrO5. The fourth-order valence-corrected chi connectivity index (χ4v) is 2.59. The quantitative estimate of drug-likeness (QED) is 0.669. The Balaban J connectivity index is 1.98. The van der Waals surface area contributed by atoms with Crippen molar-refractivity contribution in [3.63, 3.8) is 0 Å². The largest absolute Gasteiger partial charge is 0.497 e. The highest BCUT2D eigenvalue weighted by Gasteiger charge is 2.13. The second-order valence-corrected chi connectivity index (χ2v) is 5.84. The smallest absolute Gasteiger partial charge is 0.310 e. The van der Waals surface area contributed by atoms with Crippen LogP contribution < -0.4 is 14.2 Å². The second-order valence-electron chi connectivity index (χ2n) is 4.98. The summed E-state index contributed by atoms with van der Waals surface area (Å²) in [6, 6.07) is 10.9. The molecule has 2 aromatic carbocycles. The molecule has 0 aliphatic carbocycles. The number of hydrogen-bond acceptors (Lipinski definition) is 5. The van der Waals surface area contributed by atoms with Crippen LogP contribution in [0.5, 0.6) is 17.2 Å². The molecule has 0 bridgehead atoms. The molecule has 0 aromatic heterocycles. The summed E-state index contributed by atoms with van der Waals surface area (Å²) < 4.78 is 21.7. The highest BCUT2D eigenvalue weighted by atomic mass is 79.9. The van der Waals surface area contributed by atoms with E-state index in [1.54, 1.807) is 33.5 Å². The van der Waals surface area contributed by atoms with Crippen LogP contribution in [0.3, 0.4) is 0 Å². The molecule has 2 rings (SSSR count). The Hall–Kier alpha value is -2.21. The molecule has 0 aliphatic heterocycles. The van der Waals surface area contributed by atoms with E-state index in [1.165, 1.54) is 0 Å². The highest BCUT2D eigenvalue weighted by molar-refractivity contribution is 9.10. The molecule has 0 amide bonds. The highest BCUT2D eigenvalue weighted by Crippen LogP contribution is 2.33. The van der Waals surface area contributed by atoms with Gasteiger partial charge < -0.3 is 18.9 Å². The van der Waals surface area contributed by atoms with E-state index in [-0.39, 0.29) is 19.0 Å². The number of halogens is 1. The molecule has 0 radical (unpaired) electrons. The van der Waals surface area contributed by atoms with Gasteiger partial charge in [-0.3, -0.25) is 4.79 Å². The fourth-order valence-electron chi connectivity index (χ4n) is 2.12. The Morgan fingerprint density at radius 1 is 0.958 bits per heavy atom. The average Bonchev–Trinajstić information content (AvgIpc) is 2.61. The van der Waals surface area contributed by atoms with Crippen LogP contribution >= 0.6 is 15.9 Å². The third kappa shape index (κ3) is 4.64. The van der Waals surface area contributed by atoms with Gasteiger partial charge in [-0.2, -0.15) is 0 Å². The summed E-state index contributed by atoms with van der Waals surface area (Å²) in [5.41, 5.74) is 1.67. The third-order valence-electron chi connectivity index (χ3n) is 3.45. The lowest BCUT2D eigenvalue weighted by molar-refractivity contribution is -0.144. The summed E-state index contributed by atoms with van der Waals surface area (Å²) in [4.78, 5) is 12.1. The molecule has 0 saturated heterocycles. The van der Waals surface area contributed by atoms with Crippen molar-refractivity contribution in [3.05, 3.63) is 52.0 Å². The number of rotatable bonds is 7. The molecule has 5 nitrogen and oxygen atoms in total. The maximum Gasteiger partial charge on any atom is 0.310 e. The molecule has 0 unspecified atom stereocenters. The van der Waals surface area contributed by atoms with Gasteiger partial charge in [0.15, 0.2) is 11.5 Å². The maximum atomic E-state index is 12.1. The molecular weight excluding hydrogens is 376 g/mol. The van der Waals surface area contributed by atoms with E-state index in [9.17, 15) is 4.79 Å². The second kappa shape index (κ2) is 8.59. The van der Waals surface area contributed by atoms with Gasteiger partial charge in [0.1, 0.15) is 12.4 Å². The molecule has 6 heteroatoms. The first-order valence-corrected chi connectivity index (χ1v) is 8.05. The van der Waals surface area contributed by atoms with Crippen molar-refractivity contribution < 1.29 is 23.7 Å². The van der Waals surface area contributed by atoms with Gasteiger partial charge >= 0.3 is 5.97 Å². The van der Waals surface area contributed by atoms with Gasteiger partial charge in [-0.25, -0.2) is 0 Å². The SMILES string of the molecule is COc1ccc(COC(=O)Cc2cc(OC)c(OC)cc2Br)cc1. The number of carbonyl (C=O) groups is 1. The molecule has 0 spiro atoms. The van der Waals surface area contributed by atoms with E-state index in [2.05, 4.69) is 15.9 Å². The molecule has 24 heavy (non-hydrogen) atoms. The van der Waals surface area contributed by atoms with Crippen LogP contribution in [0, 0.1) is 0 Å². The number of ether oxygens (including phenoxy) is 4. The average molecular weight is 395 g/mol. The Bertz CT molecular complexity index is 697. The number of carbonyl (C=O) groups excluding carboxylic acids is 1. The van der Waals surface area contributed by atoms with Gasteiger partial charge in [0.05, 0.1) is 27.8 Å². The molecule has 0 atom stereocenters. The van der Waals surface area contributed by atoms with Crippen molar-refractivity contribution in [2.45, 2.75) is 13.0 Å². The molecule has 0 saturated carbocycles. The zero-order valence-corrected chi connectivity index (χ0v) is 15.4. The summed E-state index contributed by atoms with van der Waals surface area (Å²) in [5.74, 6) is 1.61. The first-order valence-electron chi connectivity index (χ1n) is 7.26. The van der Waals surface area contributed by atoms with Crippen LogP contribution in [0.1, 0.15) is 11.1 Å². The van der Waals surface area contributed by atoms with Crippen LogP contribution in [-0.2, 0) is 22.6 Å². The van der Waals surface area contributed by atoms with E-state index in [1.807, 2.05) is 24.3 Å². The summed E-state index contributed by atoms with van der Waals surface area (Å²) >= 11 is 3.43. The van der Waals surface area contributed by atoms with Crippen molar-refractivity contribution >= 4 is 21.9 Å². The third-order valence-corrected chi connectivity index (χ3v) is 4.18. The first-order chi connectivity index (χ1) is 11.6. The van der Waals surface area contributed by atoms with Crippen molar-refractivity contribution in [1.29, 1.82) is 0 Å². The molecule has 128 valence electrons. The molecule has 0 aliphatic rings. The van der Waals surface area contributed by atoms with E-state index < -0.39 is 0 Å². The minimum absolute atomic E-state index is 0.136. The molecule has 0 heterocycles. The van der Waals surface area contributed by atoms with E-state index in [0.29, 0.717) is 11.5 Å². The number of esters is 1. The Morgan fingerprint density at radius 2 is 1.58 bits per heavy atom. The maximum absolute atomic E-state index is 12.1. The van der Waals surface area contributed by atoms with E-state index in [4.69, 9.17) is 18.9 Å². The Labute approximate surface area is 149 Å². The van der Waals surface area contributed by atoms with Gasteiger partial charge in [0.25, 0.3) is 0 Å². The lowest BCUT2D eigenvalue weighted by Gasteiger charge is -2.12. The minimum Gasteiger partial charge on any atom is -0.497 e. The number of methoxy groups -OCH3 is 3. The minimum atomic E-state index is -0.321. The first kappa shape index (κ1) is 18.1. The van der Waals surface area contributed by atoms with E-state index >= 15 is 0 Å². The van der Waals surface area contributed by atoms with Crippen LogP contribution in [0.2, 0.25) is 0 Å². The monoisotopic (exact) mass is 394 g/mol. The van der Waals surface area contributed by atoms with Crippen LogP contribution in [0.25, 0.3) is 0 Å². The van der Waals surface area contributed by atoms with Crippen LogP contribution in [0.15, 0.2) is 40.9 Å². The van der Waals surface area contributed by atoms with Gasteiger partial charge in [-0.05, 0) is 35.4 Å². The summed E-state index contributed by atoms with van der Waals surface area (Å²) in [6.45, 7) is 0.216. The zero-order chi connectivity index (χ0) is 17.5. The summed E-state index contributed by atoms with van der Waals surface area (Å²) in [6.07, 6.45) is 0.136. The van der Waals surface area contributed by atoms with Gasteiger partial charge in [-0.1, -0.05) is 28.1 Å².